The number of carbonyl (C=O) groups is 1. The maximum absolute atomic E-state index is 10.6. The molecule has 23 heavy (non-hydrogen) atoms. The van der Waals surface area contributed by atoms with Crippen molar-refractivity contribution in [1.29, 1.82) is 0 Å². The zero-order valence-electron chi connectivity index (χ0n) is 12.5. The number of nitrogens with two attached hydrogens (primary N) is 1. The number of primary amides is 1. The molecule has 2 aromatic rings. The lowest BCUT2D eigenvalue weighted by Crippen LogP contribution is -2.24. The molecule has 0 spiro atoms. The number of carbonyl (C=O) groups excluding carboxylic acids is 1. The second-order valence-electron chi connectivity index (χ2n) is 4.54. The van der Waals surface area contributed by atoms with Gasteiger partial charge < -0.3 is 15.2 Å². The van der Waals surface area contributed by atoms with Crippen molar-refractivity contribution < 1.29 is 14.3 Å². The van der Waals surface area contributed by atoms with Crippen molar-refractivity contribution in [2.24, 2.45) is 10.8 Å². The molecule has 0 saturated heterocycles. The smallest absolute Gasteiger partial charge is 0.332 e. The van der Waals surface area contributed by atoms with Gasteiger partial charge in [-0.15, -0.1) is 0 Å². The first-order chi connectivity index (χ1) is 11.1. The fourth-order valence-corrected chi connectivity index (χ4v) is 2.64. The van der Waals surface area contributed by atoms with Crippen molar-refractivity contribution in [1.82, 2.24) is 5.43 Å². The summed E-state index contributed by atoms with van der Waals surface area (Å²) in [5.41, 5.74) is 8.93. The van der Waals surface area contributed by atoms with Gasteiger partial charge in [0.15, 0.2) is 11.5 Å². The number of ether oxygens (including phenoxy) is 2. The zero-order chi connectivity index (χ0) is 16.7. The molecular weight excluding hydrogens is 409 g/mol. The molecule has 2 aromatic carbocycles. The first kappa shape index (κ1) is 17.1. The van der Waals surface area contributed by atoms with Crippen LogP contribution in [-0.2, 0) is 6.61 Å². The van der Waals surface area contributed by atoms with Gasteiger partial charge in [-0.2, -0.15) is 5.10 Å². The van der Waals surface area contributed by atoms with E-state index in [1.54, 1.807) is 13.2 Å². The van der Waals surface area contributed by atoms with Crippen LogP contribution in [0.15, 0.2) is 47.6 Å². The lowest BCUT2D eigenvalue weighted by molar-refractivity contribution is 0.249. The molecule has 0 aliphatic rings. The second kappa shape index (κ2) is 8.37. The SMILES string of the molecule is COc1cc(C=NNC(N)=O)cc(I)c1OCc1ccccc1. The van der Waals surface area contributed by atoms with Crippen LogP contribution in [0.4, 0.5) is 4.79 Å². The number of hydrazone groups is 1. The number of hydrogen-bond acceptors (Lipinski definition) is 4. The first-order valence-corrected chi connectivity index (χ1v) is 7.81. The van der Waals surface area contributed by atoms with Gasteiger partial charge in [0.1, 0.15) is 6.61 Å². The highest BCUT2D eigenvalue weighted by atomic mass is 127. The first-order valence-electron chi connectivity index (χ1n) is 6.73. The van der Waals surface area contributed by atoms with Crippen molar-refractivity contribution in [2.75, 3.05) is 7.11 Å². The summed E-state index contributed by atoms with van der Waals surface area (Å²) in [5.74, 6) is 1.25. The molecule has 3 N–H and O–H groups in total. The lowest BCUT2D eigenvalue weighted by atomic mass is 10.2. The van der Waals surface area contributed by atoms with Crippen molar-refractivity contribution in [2.45, 2.75) is 6.61 Å². The van der Waals surface area contributed by atoms with Gasteiger partial charge in [-0.3, -0.25) is 0 Å². The van der Waals surface area contributed by atoms with E-state index in [1.807, 2.05) is 36.4 Å². The van der Waals surface area contributed by atoms with E-state index >= 15 is 0 Å². The number of halogens is 1. The summed E-state index contributed by atoms with van der Waals surface area (Å²) < 4.78 is 12.1. The Morgan fingerprint density at radius 3 is 2.74 bits per heavy atom. The summed E-state index contributed by atoms with van der Waals surface area (Å²) in [6.45, 7) is 0.448. The van der Waals surface area contributed by atoms with Crippen LogP contribution >= 0.6 is 22.6 Å². The van der Waals surface area contributed by atoms with Crippen molar-refractivity contribution in [3.05, 3.63) is 57.2 Å². The predicted octanol–water partition coefficient (Wildman–Crippen LogP) is 2.88. The number of amides is 2. The maximum Gasteiger partial charge on any atom is 0.332 e. The van der Waals surface area contributed by atoms with E-state index in [-0.39, 0.29) is 0 Å². The number of benzene rings is 2. The Bertz CT molecular complexity index is 705. The van der Waals surface area contributed by atoms with Crippen molar-refractivity contribution in [3.8, 4) is 11.5 Å². The molecular formula is C16H16IN3O3. The Hall–Kier alpha value is -2.29. The van der Waals surface area contributed by atoms with Crippen LogP contribution in [0.3, 0.4) is 0 Å². The van der Waals surface area contributed by atoms with Gasteiger partial charge in [-0.25, -0.2) is 10.2 Å². The third-order valence-corrected chi connectivity index (χ3v) is 3.67. The molecule has 0 fully saturated rings. The highest BCUT2D eigenvalue weighted by molar-refractivity contribution is 14.1. The molecule has 6 nitrogen and oxygen atoms in total. The minimum Gasteiger partial charge on any atom is -0.493 e. The quantitative estimate of drug-likeness (QED) is 0.424. The Morgan fingerprint density at radius 2 is 2.09 bits per heavy atom. The zero-order valence-corrected chi connectivity index (χ0v) is 14.6. The molecule has 0 radical (unpaired) electrons. The van der Waals surface area contributed by atoms with Gasteiger partial charge in [-0.1, -0.05) is 30.3 Å². The van der Waals surface area contributed by atoms with E-state index in [0.717, 1.165) is 14.7 Å². The number of nitrogens with one attached hydrogen (secondary N) is 1. The lowest BCUT2D eigenvalue weighted by Gasteiger charge is -2.13. The Balaban J connectivity index is 2.16. The number of hydrogen-bond donors (Lipinski definition) is 2. The minimum absolute atomic E-state index is 0.448. The molecule has 0 saturated carbocycles. The fraction of sp³-hybridized carbons (Fsp3) is 0.125. The molecule has 2 amide bonds. The minimum atomic E-state index is -0.717. The Labute approximate surface area is 147 Å². The summed E-state index contributed by atoms with van der Waals surface area (Å²) in [6.07, 6.45) is 1.48. The molecule has 0 bridgehead atoms. The van der Waals surface area contributed by atoms with E-state index in [4.69, 9.17) is 15.2 Å². The van der Waals surface area contributed by atoms with Crippen LogP contribution in [0.2, 0.25) is 0 Å². The van der Waals surface area contributed by atoms with Crippen LogP contribution in [0.25, 0.3) is 0 Å². The summed E-state index contributed by atoms with van der Waals surface area (Å²) in [7, 11) is 1.57. The van der Waals surface area contributed by atoms with Crippen LogP contribution in [0, 0.1) is 3.57 Å². The molecule has 0 aromatic heterocycles. The van der Waals surface area contributed by atoms with Gasteiger partial charge in [0.05, 0.1) is 16.9 Å². The highest BCUT2D eigenvalue weighted by Crippen LogP contribution is 2.34. The molecule has 0 aliphatic carbocycles. The Kier molecular flexibility index (Phi) is 6.21. The monoisotopic (exact) mass is 425 g/mol. The van der Waals surface area contributed by atoms with E-state index in [9.17, 15) is 4.79 Å². The second-order valence-corrected chi connectivity index (χ2v) is 5.70. The molecule has 2 rings (SSSR count). The predicted molar refractivity (Wildman–Crippen MR) is 96.8 cm³/mol. The molecule has 0 heterocycles. The number of nitrogens with zero attached hydrogens (tertiary/aromatic N) is 1. The van der Waals surface area contributed by atoms with Crippen LogP contribution < -0.4 is 20.6 Å². The van der Waals surface area contributed by atoms with Gasteiger partial charge in [0.25, 0.3) is 0 Å². The number of urea groups is 1. The van der Waals surface area contributed by atoms with Crippen LogP contribution in [0.1, 0.15) is 11.1 Å². The van der Waals surface area contributed by atoms with E-state index < -0.39 is 6.03 Å². The van der Waals surface area contributed by atoms with E-state index in [0.29, 0.717) is 18.1 Å². The molecule has 0 aliphatic heterocycles. The third kappa shape index (κ3) is 5.13. The molecule has 0 unspecified atom stereocenters. The summed E-state index contributed by atoms with van der Waals surface area (Å²) >= 11 is 2.16. The largest absolute Gasteiger partial charge is 0.493 e. The van der Waals surface area contributed by atoms with E-state index in [1.165, 1.54) is 6.21 Å². The van der Waals surface area contributed by atoms with Gasteiger partial charge >= 0.3 is 6.03 Å². The fourth-order valence-electron chi connectivity index (χ4n) is 1.85. The van der Waals surface area contributed by atoms with E-state index in [2.05, 4.69) is 33.1 Å². The number of methoxy groups -OCH3 is 1. The normalized spacial score (nSPS) is 10.5. The summed E-state index contributed by atoms with van der Waals surface area (Å²) in [5, 5.41) is 3.73. The van der Waals surface area contributed by atoms with Crippen LogP contribution in [-0.4, -0.2) is 19.4 Å². The summed E-state index contributed by atoms with van der Waals surface area (Å²) in [6, 6.07) is 12.8. The maximum atomic E-state index is 10.6. The van der Waals surface area contributed by atoms with Crippen LogP contribution in [0.5, 0.6) is 11.5 Å². The van der Waals surface area contributed by atoms with Gasteiger partial charge in [0, 0.05) is 0 Å². The molecule has 7 heteroatoms. The number of rotatable bonds is 6. The van der Waals surface area contributed by atoms with Gasteiger partial charge in [0.2, 0.25) is 0 Å². The third-order valence-electron chi connectivity index (χ3n) is 2.87. The average molecular weight is 425 g/mol. The van der Waals surface area contributed by atoms with Gasteiger partial charge in [-0.05, 0) is 45.9 Å². The topological polar surface area (TPSA) is 85.9 Å². The van der Waals surface area contributed by atoms with Crippen molar-refractivity contribution >= 4 is 34.8 Å². The average Bonchev–Trinajstić information content (AvgIpc) is 2.54. The van der Waals surface area contributed by atoms with Crippen molar-refractivity contribution in [3.63, 3.8) is 0 Å². The standard InChI is InChI=1S/C16H16IN3O3/c1-22-14-8-12(9-19-20-16(18)21)7-13(17)15(14)23-10-11-5-3-2-4-6-11/h2-9H,10H2,1H3,(H3,18,20,21). The highest BCUT2D eigenvalue weighted by Gasteiger charge is 2.11. The molecule has 120 valence electrons. The summed E-state index contributed by atoms with van der Waals surface area (Å²) in [4.78, 5) is 10.6. The molecule has 0 atom stereocenters. The Morgan fingerprint density at radius 1 is 1.35 bits per heavy atom.